The highest BCUT2D eigenvalue weighted by Gasteiger charge is 2.21. The van der Waals surface area contributed by atoms with Crippen LogP contribution < -0.4 is 4.74 Å². The average Bonchev–Trinajstić information content (AvgIpc) is 2.54. The van der Waals surface area contributed by atoms with Crippen molar-refractivity contribution in [2.24, 2.45) is 0 Å². The number of aryl methyl sites for hydroxylation is 2. The van der Waals surface area contributed by atoms with Crippen molar-refractivity contribution in [3.63, 3.8) is 0 Å². The molecule has 0 aliphatic heterocycles. The van der Waals surface area contributed by atoms with Crippen molar-refractivity contribution in [1.82, 2.24) is 0 Å². The number of carboxylic acid groups (broad SMARTS) is 1. The maximum absolute atomic E-state index is 11.6. The summed E-state index contributed by atoms with van der Waals surface area (Å²) in [6, 6.07) is 15.7. The Balaban J connectivity index is 1.86. The van der Waals surface area contributed by atoms with Crippen LogP contribution in [0.25, 0.3) is 0 Å². The van der Waals surface area contributed by atoms with Gasteiger partial charge in [-0.05, 0) is 56.4 Å². The molecular formula is C20H24O3. The summed E-state index contributed by atoms with van der Waals surface area (Å²) in [5.74, 6) is -0.328. The van der Waals surface area contributed by atoms with Gasteiger partial charge in [-0.2, -0.15) is 0 Å². The van der Waals surface area contributed by atoms with Crippen molar-refractivity contribution in [2.45, 2.75) is 39.0 Å². The minimum Gasteiger partial charge on any atom is -0.494 e. The topological polar surface area (TPSA) is 46.5 Å². The Hall–Kier alpha value is -2.29. The van der Waals surface area contributed by atoms with E-state index in [1.54, 1.807) is 0 Å². The highest BCUT2D eigenvalue weighted by atomic mass is 16.5. The van der Waals surface area contributed by atoms with Gasteiger partial charge in [0.15, 0.2) is 0 Å². The molecule has 0 radical (unpaired) electrons. The highest BCUT2D eigenvalue weighted by molar-refractivity contribution is 5.76. The SMILES string of the molecule is Cc1ccc(C)c(C(CCCCOc2ccccc2)C(=O)O)c1. The van der Waals surface area contributed by atoms with Gasteiger partial charge in [0.25, 0.3) is 0 Å². The summed E-state index contributed by atoms with van der Waals surface area (Å²) in [7, 11) is 0. The average molecular weight is 312 g/mol. The first-order chi connectivity index (χ1) is 11.1. The lowest BCUT2D eigenvalue weighted by atomic mass is 9.89. The molecule has 2 aromatic rings. The summed E-state index contributed by atoms with van der Waals surface area (Å²) in [6.45, 7) is 4.59. The number of hydrogen-bond donors (Lipinski definition) is 1. The van der Waals surface area contributed by atoms with E-state index >= 15 is 0 Å². The zero-order chi connectivity index (χ0) is 16.7. The molecule has 1 atom stereocenters. The highest BCUT2D eigenvalue weighted by Crippen LogP contribution is 2.26. The maximum atomic E-state index is 11.6. The van der Waals surface area contributed by atoms with Crippen molar-refractivity contribution in [3.05, 3.63) is 65.2 Å². The van der Waals surface area contributed by atoms with Gasteiger partial charge in [0, 0.05) is 0 Å². The van der Waals surface area contributed by atoms with Crippen LogP contribution in [-0.2, 0) is 4.79 Å². The van der Waals surface area contributed by atoms with Crippen LogP contribution in [0.4, 0.5) is 0 Å². The largest absolute Gasteiger partial charge is 0.494 e. The Morgan fingerprint density at radius 2 is 1.83 bits per heavy atom. The van der Waals surface area contributed by atoms with E-state index in [2.05, 4.69) is 0 Å². The predicted molar refractivity (Wildman–Crippen MR) is 92.1 cm³/mol. The number of ether oxygens (including phenoxy) is 1. The Morgan fingerprint density at radius 1 is 1.09 bits per heavy atom. The molecule has 1 N–H and O–H groups in total. The van der Waals surface area contributed by atoms with Crippen LogP contribution in [0, 0.1) is 13.8 Å². The van der Waals surface area contributed by atoms with E-state index in [0.717, 1.165) is 35.3 Å². The van der Waals surface area contributed by atoms with Gasteiger partial charge in [0.1, 0.15) is 5.75 Å². The Morgan fingerprint density at radius 3 is 2.52 bits per heavy atom. The summed E-state index contributed by atoms with van der Waals surface area (Å²) in [5.41, 5.74) is 3.08. The van der Waals surface area contributed by atoms with Gasteiger partial charge >= 0.3 is 5.97 Å². The molecule has 0 aliphatic carbocycles. The number of carbonyl (C=O) groups is 1. The van der Waals surface area contributed by atoms with Crippen LogP contribution >= 0.6 is 0 Å². The van der Waals surface area contributed by atoms with Gasteiger partial charge in [-0.25, -0.2) is 0 Å². The second-order valence-corrected chi connectivity index (χ2v) is 5.91. The number of rotatable bonds is 8. The third-order valence-electron chi connectivity index (χ3n) is 4.01. The standard InChI is InChI=1S/C20H24O3/c1-15-11-12-16(2)19(14-15)18(20(21)22)10-6-7-13-23-17-8-4-3-5-9-17/h3-5,8-9,11-12,14,18H,6-7,10,13H2,1-2H3,(H,21,22). The second-order valence-electron chi connectivity index (χ2n) is 5.91. The zero-order valence-corrected chi connectivity index (χ0v) is 13.8. The molecule has 0 bridgehead atoms. The molecule has 3 nitrogen and oxygen atoms in total. The number of para-hydroxylation sites is 1. The van der Waals surface area contributed by atoms with E-state index in [1.807, 2.05) is 62.4 Å². The van der Waals surface area contributed by atoms with E-state index in [4.69, 9.17) is 4.74 Å². The number of aliphatic carboxylic acids is 1. The maximum Gasteiger partial charge on any atom is 0.310 e. The van der Waals surface area contributed by atoms with E-state index < -0.39 is 11.9 Å². The Bertz CT molecular complexity index is 635. The molecule has 0 saturated heterocycles. The van der Waals surface area contributed by atoms with E-state index in [-0.39, 0.29) is 0 Å². The van der Waals surface area contributed by atoms with Crippen molar-refractivity contribution in [3.8, 4) is 5.75 Å². The molecule has 0 amide bonds. The van der Waals surface area contributed by atoms with Gasteiger partial charge in [-0.15, -0.1) is 0 Å². The molecule has 2 aromatic carbocycles. The van der Waals surface area contributed by atoms with Gasteiger partial charge in [-0.3, -0.25) is 4.79 Å². The quantitative estimate of drug-likeness (QED) is 0.717. The van der Waals surface area contributed by atoms with Crippen molar-refractivity contribution in [1.29, 1.82) is 0 Å². The molecule has 0 spiro atoms. The third-order valence-corrected chi connectivity index (χ3v) is 4.01. The number of unbranched alkanes of at least 4 members (excludes halogenated alkanes) is 1. The van der Waals surface area contributed by atoms with Gasteiger partial charge in [0.05, 0.1) is 12.5 Å². The molecule has 0 fully saturated rings. The molecule has 23 heavy (non-hydrogen) atoms. The van der Waals surface area contributed by atoms with Crippen LogP contribution in [-0.4, -0.2) is 17.7 Å². The summed E-state index contributed by atoms with van der Waals surface area (Å²) in [5, 5.41) is 9.55. The van der Waals surface area contributed by atoms with E-state index in [9.17, 15) is 9.90 Å². The summed E-state index contributed by atoms with van der Waals surface area (Å²) in [6.07, 6.45) is 2.32. The van der Waals surface area contributed by atoms with Crippen LogP contribution in [0.3, 0.4) is 0 Å². The lowest BCUT2D eigenvalue weighted by Gasteiger charge is -2.16. The third kappa shape index (κ3) is 5.13. The van der Waals surface area contributed by atoms with Crippen molar-refractivity contribution >= 4 is 5.97 Å². The molecule has 0 heterocycles. The number of benzene rings is 2. The fraction of sp³-hybridized carbons (Fsp3) is 0.350. The van der Waals surface area contributed by atoms with E-state index in [1.165, 1.54) is 0 Å². The fourth-order valence-electron chi connectivity index (χ4n) is 2.70. The van der Waals surface area contributed by atoms with Crippen LogP contribution in [0.5, 0.6) is 5.75 Å². The number of carboxylic acids is 1. The fourth-order valence-corrected chi connectivity index (χ4v) is 2.70. The summed E-state index contributed by atoms with van der Waals surface area (Å²) in [4.78, 5) is 11.6. The molecule has 0 saturated carbocycles. The zero-order valence-electron chi connectivity index (χ0n) is 13.8. The molecule has 2 rings (SSSR count). The second kappa shape index (κ2) is 8.37. The first-order valence-electron chi connectivity index (χ1n) is 8.05. The minimum absolute atomic E-state index is 0.438. The summed E-state index contributed by atoms with van der Waals surface area (Å²) >= 11 is 0. The first-order valence-corrected chi connectivity index (χ1v) is 8.05. The molecular weight excluding hydrogens is 288 g/mol. The first kappa shape index (κ1) is 17.1. The lowest BCUT2D eigenvalue weighted by Crippen LogP contribution is -2.13. The van der Waals surface area contributed by atoms with Gasteiger partial charge in [0.2, 0.25) is 0 Å². The summed E-state index contributed by atoms with van der Waals surface area (Å²) < 4.78 is 5.65. The normalized spacial score (nSPS) is 11.9. The van der Waals surface area contributed by atoms with E-state index in [0.29, 0.717) is 13.0 Å². The monoisotopic (exact) mass is 312 g/mol. The molecule has 0 aliphatic rings. The molecule has 122 valence electrons. The minimum atomic E-state index is -0.748. The van der Waals surface area contributed by atoms with Crippen molar-refractivity contribution in [2.75, 3.05) is 6.61 Å². The predicted octanol–water partition coefficient (Wildman–Crippen LogP) is 4.72. The number of hydrogen-bond acceptors (Lipinski definition) is 2. The van der Waals surface area contributed by atoms with Crippen molar-refractivity contribution < 1.29 is 14.6 Å². The van der Waals surface area contributed by atoms with Crippen LogP contribution in [0.2, 0.25) is 0 Å². The van der Waals surface area contributed by atoms with Gasteiger partial charge in [-0.1, -0.05) is 42.0 Å². The lowest BCUT2D eigenvalue weighted by molar-refractivity contribution is -0.139. The smallest absolute Gasteiger partial charge is 0.310 e. The Labute approximate surface area is 137 Å². The van der Waals surface area contributed by atoms with Crippen LogP contribution in [0.15, 0.2) is 48.5 Å². The van der Waals surface area contributed by atoms with Gasteiger partial charge < -0.3 is 9.84 Å². The van der Waals surface area contributed by atoms with Crippen LogP contribution in [0.1, 0.15) is 41.9 Å². The Kier molecular flexibility index (Phi) is 6.21. The molecule has 0 aromatic heterocycles. The molecule has 3 heteroatoms. The molecule has 1 unspecified atom stereocenters.